The summed E-state index contributed by atoms with van der Waals surface area (Å²) in [5.74, 6) is -0.360. The molecule has 3 nitrogen and oxygen atoms in total. The number of carbonyl (C=O) groups is 1. The molecule has 0 saturated heterocycles. The van der Waals surface area contributed by atoms with Gasteiger partial charge in [-0.25, -0.2) is 0 Å². The van der Waals surface area contributed by atoms with Gasteiger partial charge in [-0.05, 0) is 24.0 Å². The molecule has 1 atom stereocenters. The normalized spacial score (nSPS) is 12.2. The Kier molecular flexibility index (Phi) is 4.31. The van der Waals surface area contributed by atoms with Gasteiger partial charge < -0.3 is 10.5 Å². The molecule has 82 valence electrons. The second-order valence-corrected chi connectivity index (χ2v) is 3.46. The lowest BCUT2D eigenvalue weighted by Crippen LogP contribution is -2.33. The minimum Gasteiger partial charge on any atom is -0.468 e. The first-order valence-electron chi connectivity index (χ1n) is 5.09. The molecule has 0 saturated carbocycles. The van der Waals surface area contributed by atoms with Crippen LogP contribution in [0.2, 0.25) is 0 Å². The van der Waals surface area contributed by atoms with Crippen molar-refractivity contribution in [1.29, 1.82) is 0 Å². The number of hydrogen-bond donors (Lipinski definition) is 1. The molecule has 1 aromatic carbocycles. The van der Waals surface area contributed by atoms with Crippen LogP contribution < -0.4 is 5.73 Å². The van der Waals surface area contributed by atoms with Crippen LogP contribution in [0.25, 0.3) is 0 Å². The number of aryl methyl sites for hydroxylation is 1. The summed E-state index contributed by atoms with van der Waals surface area (Å²) in [7, 11) is 1.36. The third-order valence-corrected chi connectivity index (χ3v) is 2.44. The molecule has 0 aliphatic carbocycles. The van der Waals surface area contributed by atoms with Gasteiger partial charge in [0.15, 0.2) is 0 Å². The average molecular weight is 207 g/mol. The number of esters is 1. The van der Waals surface area contributed by atoms with E-state index in [-0.39, 0.29) is 5.97 Å². The molecule has 1 rings (SSSR count). The predicted octanol–water partition coefficient (Wildman–Crippen LogP) is 1.29. The number of benzene rings is 1. The van der Waals surface area contributed by atoms with Crippen molar-refractivity contribution in [3.63, 3.8) is 0 Å². The van der Waals surface area contributed by atoms with Crippen molar-refractivity contribution >= 4 is 5.97 Å². The zero-order chi connectivity index (χ0) is 11.3. The molecule has 0 heterocycles. The standard InChI is InChI=1S/C12H17NO2/c1-3-9-6-4-5-7-10(9)8-11(13)12(14)15-2/h4-7,11H,3,8,13H2,1-2H3. The van der Waals surface area contributed by atoms with Gasteiger partial charge in [-0.15, -0.1) is 0 Å². The molecule has 0 bridgehead atoms. The lowest BCUT2D eigenvalue weighted by Gasteiger charge is -2.12. The highest BCUT2D eigenvalue weighted by molar-refractivity contribution is 5.75. The summed E-state index contributed by atoms with van der Waals surface area (Å²) in [6.45, 7) is 2.09. The van der Waals surface area contributed by atoms with E-state index in [0.717, 1.165) is 12.0 Å². The van der Waals surface area contributed by atoms with Gasteiger partial charge in [-0.1, -0.05) is 31.2 Å². The average Bonchev–Trinajstić information content (AvgIpc) is 2.28. The molecule has 2 N–H and O–H groups in total. The van der Waals surface area contributed by atoms with Crippen LogP contribution in [0.15, 0.2) is 24.3 Å². The van der Waals surface area contributed by atoms with Gasteiger partial charge in [-0.2, -0.15) is 0 Å². The van der Waals surface area contributed by atoms with Gasteiger partial charge in [0.2, 0.25) is 0 Å². The van der Waals surface area contributed by atoms with Crippen LogP contribution in [-0.2, 0) is 22.4 Å². The van der Waals surface area contributed by atoms with Gasteiger partial charge in [0.25, 0.3) is 0 Å². The van der Waals surface area contributed by atoms with E-state index in [2.05, 4.69) is 17.7 Å². The molecule has 1 unspecified atom stereocenters. The molecule has 15 heavy (non-hydrogen) atoms. The first kappa shape index (κ1) is 11.7. The molecule has 0 aliphatic heterocycles. The van der Waals surface area contributed by atoms with Gasteiger partial charge >= 0.3 is 5.97 Å². The van der Waals surface area contributed by atoms with Crippen molar-refractivity contribution in [3.05, 3.63) is 35.4 Å². The number of rotatable bonds is 4. The van der Waals surface area contributed by atoms with Gasteiger partial charge in [-0.3, -0.25) is 4.79 Å². The first-order valence-corrected chi connectivity index (χ1v) is 5.09. The van der Waals surface area contributed by atoms with E-state index < -0.39 is 6.04 Å². The summed E-state index contributed by atoms with van der Waals surface area (Å²) in [5, 5.41) is 0. The molecule has 0 fully saturated rings. The smallest absolute Gasteiger partial charge is 0.322 e. The van der Waals surface area contributed by atoms with E-state index in [1.165, 1.54) is 12.7 Å². The predicted molar refractivity (Wildman–Crippen MR) is 59.5 cm³/mol. The monoisotopic (exact) mass is 207 g/mol. The Balaban J connectivity index is 2.75. The Hall–Kier alpha value is -1.35. The molecule has 1 aromatic rings. The van der Waals surface area contributed by atoms with Crippen LogP contribution in [-0.4, -0.2) is 19.1 Å². The fraction of sp³-hybridized carbons (Fsp3) is 0.417. The molecule has 0 radical (unpaired) electrons. The summed E-state index contributed by atoms with van der Waals surface area (Å²) in [6.07, 6.45) is 1.49. The minimum absolute atomic E-state index is 0.360. The van der Waals surface area contributed by atoms with E-state index in [9.17, 15) is 4.79 Å². The lowest BCUT2D eigenvalue weighted by molar-refractivity contribution is -0.142. The largest absolute Gasteiger partial charge is 0.468 e. The second-order valence-electron chi connectivity index (χ2n) is 3.46. The first-order chi connectivity index (χ1) is 7.19. The maximum Gasteiger partial charge on any atom is 0.322 e. The van der Waals surface area contributed by atoms with E-state index >= 15 is 0 Å². The van der Waals surface area contributed by atoms with Crippen LogP contribution in [0.3, 0.4) is 0 Å². The number of ether oxygens (including phenoxy) is 1. The third kappa shape index (κ3) is 3.06. The summed E-state index contributed by atoms with van der Waals surface area (Å²) in [4.78, 5) is 11.2. The van der Waals surface area contributed by atoms with E-state index in [1.807, 2.05) is 18.2 Å². The molecular weight excluding hydrogens is 190 g/mol. The lowest BCUT2D eigenvalue weighted by atomic mass is 9.99. The topological polar surface area (TPSA) is 52.3 Å². The van der Waals surface area contributed by atoms with Crippen molar-refractivity contribution in [3.8, 4) is 0 Å². The van der Waals surface area contributed by atoms with Crippen LogP contribution in [0.4, 0.5) is 0 Å². The quantitative estimate of drug-likeness (QED) is 0.757. The summed E-state index contributed by atoms with van der Waals surface area (Å²) in [5.41, 5.74) is 8.07. The Labute approximate surface area is 90.2 Å². The molecule has 0 aromatic heterocycles. The van der Waals surface area contributed by atoms with Crippen LogP contribution in [0.1, 0.15) is 18.1 Å². The minimum atomic E-state index is -0.567. The molecular formula is C12H17NO2. The molecule has 0 aliphatic rings. The number of hydrogen-bond acceptors (Lipinski definition) is 3. The Bertz CT molecular complexity index is 336. The van der Waals surface area contributed by atoms with Crippen molar-refractivity contribution in [1.82, 2.24) is 0 Å². The second kappa shape index (κ2) is 5.51. The highest BCUT2D eigenvalue weighted by Crippen LogP contribution is 2.11. The maximum atomic E-state index is 11.2. The maximum absolute atomic E-state index is 11.2. The summed E-state index contributed by atoms with van der Waals surface area (Å²) in [6, 6.07) is 7.44. The third-order valence-electron chi connectivity index (χ3n) is 2.44. The van der Waals surface area contributed by atoms with Gasteiger partial charge in [0.05, 0.1) is 7.11 Å². The number of nitrogens with two attached hydrogens (primary N) is 1. The fourth-order valence-corrected chi connectivity index (χ4v) is 1.57. The van der Waals surface area contributed by atoms with Crippen molar-refractivity contribution < 1.29 is 9.53 Å². The van der Waals surface area contributed by atoms with Crippen molar-refractivity contribution in [2.24, 2.45) is 5.73 Å². The van der Waals surface area contributed by atoms with E-state index in [1.54, 1.807) is 0 Å². The van der Waals surface area contributed by atoms with Crippen LogP contribution >= 0.6 is 0 Å². The zero-order valence-electron chi connectivity index (χ0n) is 9.19. The zero-order valence-corrected chi connectivity index (χ0v) is 9.19. The van der Waals surface area contributed by atoms with Crippen LogP contribution in [0, 0.1) is 0 Å². The molecule has 0 spiro atoms. The number of methoxy groups -OCH3 is 1. The van der Waals surface area contributed by atoms with Crippen molar-refractivity contribution in [2.75, 3.05) is 7.11 Å². The van der Waals surface area contributed by atoms with Crippen LogP contribution in [0.5, 0.6) is 0 Å². The number of carbonyl (C=O) groups excluding carboxylic acids is 1. The van der Waals surface area contributed by atoms with Gasteiger partial charge in [0.1, 0.15) is 6.04 Å². The summed E-state index contributed by atoms with van der Waals surface area (Å²) < 4.78 is 4.59. The fourth-order valence-electron chi connectivity index (χ4n) is 1.57. The Morgan fingerprint density at radius 1 is 1.40 bits per heavy atom. The highest BCUT2D eigenvalue weighted by Gasteiger charge is 2.15. The van der Waals surface area contributed by atoms with E-state index in [4.69, 9.17) is 5.73 Å². The van der Waals surface area contributed by atoms with Gasteiger partial charge in [0, 0.05) is 0 Å². The summed E-state index contributed by atoms with van der Waals surface area (Å²) >= 11 is 0. The van der Waals surface area contributed by atoms with E-state index in [0.29, 0.717) is 6.42 Å². The molecule has 3 heteroatoms. The Morgan fingerprint density at radius 3 is 2.53 bits per heavy atom. The highest BCUT2D eigenvalue weighted by atomic mass is 16.5. The SMILES string of the molecule is CCc1ccccc1CC(N)C(=O)OC. The van der Waals surface area contributed by atoms with Crippen molar-refractivity contribution in [2.45, 2.75) is 25.8 Å². The molecule has 0 amide bonds. The Morgan fingerprint density at radius 2 is 2.00 bits per heavy atom.